The molecule has 94 valence electrons. The second-order valence-electron chi connectivity index (χ2n) is 4.60. The third kappa shape index (κ3) is 4.49. The Hall–Kier alpha value is -0.610. The van der Waals surface area contributed by atoms with Crippen LogP contribution in [0.15, 0.2) is 0 Å². The Bertz CT molecular complexity index is 208. The van der Waals surface area contributed by atoms with Crippen LogP contribution < -0.4 is 11.1 Å². The second kappa shape index (κ2) is 7.63. The first-order valence-electron chi connectivity index (χ1n) is 6.42. The van der Waals surface area contributed by atoms with E-state index in [1.165, 1.54) is 12.8 Å². The third-order valence-corrected chi connectivity index (χ3v) is 3.30. The van der Waals surface area contributed by atoms with Gasteiger partial charge in [-0.25, -0.2) is 0 Å². The lowest BCUT2D eigenvalue weighted by molar-refractivity contribution is -0.126. The van der Waals surface area contributed by atoms with Crippen LogP contribution in [0.1, 0.15) is 32.1 Å². The molecule has 0 saturated carbocycles. The second-order valence-corrected chi connectivity index (χ2v) is 4.60. The van der Waals surface area contributed by atoms with Crippen molar-refractivity contribution in [1.82, 2.24) is 10.2 Å². The van der Waals surface area contributed by atoms with Crippen LogP contribution in [0.25, 0.3) is 0 Å². The normalized spacial score (nSPS) is 22.0. The highest BCUT2D eigenvalue weighted by Crippen LogP contribution is 2.16. The molecular weight excluding hydrogens is 202 g/mol. The fourth-order valence-corrected chi connectivity index (χ4v) is 2.33. The van der Waals surface area contributed by atoms with Crippen molar-refractivity contribution in [2.45, 2.75) is 32.1 Å². The van der Waals surface area contributed by atoms with E-state index in [-0.39, 0.29) is 11.8 Å². The van der Waals surface area contributed by atoms with Crippen LogP contribution in [0.4, 0.5) is 0 Å². The summed E-state index contributed by atoms with van der Waals surface area (Å²) in [5.74, 6) is 0.403. The van der Waals surface area contributed by atoms with E-state index >= 15 is 0 Å². The first-order valence-corrected chi connectivity index (χ1v) is 6.42. The van der Waals surface area contributed by atoms with Crippen molar-refractivity contribution in [3.8, 4) is 0 Å². The number of unbranched alkanes of at least 4 members (excludes halogenated alkanes) is 2. The number of nitrogens with zero attached hydrogens (tertiary/aromatic N) is 1. The number of nitrogens with two attached hydrogens (primary N) is 1. The van der Waals surface area contributed by atoms with Crippen molar-refractivity contribution in [3.63, 3.8) is 0 Å². The lowest BCUT2D eigenvalue weighted by Crippen LogP contribution is -2.42. The van der Waals surface area contributed by atoms with Gasteiger partial charge in [0.1, 0.15) is 0 Å². The third-order valence-electron chi connectivity index (χ3n) is 3.30. The Morgan fingerprint density at radius 2 is 2.25 bits per heavy atom. The standard InChI is InChI=1S/C12H25N3O/c1-14-12(16)11-6-5-9-15(10-11)8-4-2-3-7-13/h11H,2-10,13H2,1H3,(H,14,16). The first-order chi connectivity index (χ1) is 7.77. The highest BCUT2D eigenvalue weighted by atomic mass is 16.1. The molecule has 16 heavy (non-hydrogen) atoms. The summed E-state index contributed by atoms with van der Waals surface area (Å²) < 4.78 is 0. The Morgan fingerprint density at radius 1 is 1.44 bits per heavy atom. The molecule has 1 fully saturated rings. The number of hydrogen-bond donors (Lipinski definition) is 2. The number of nitrogens with one attached hydrogen (secondary N) is 1. The number of hydrogen-bond acceptors (Lipinski definition) is 3. The van der Waals surface area contributed by atoms with Crippen molar-refractivity contribution < 1.29 is 4.79 Å². The Morgan fingerprint density at radius 3 is 2.94 bits per heavy atom. The van der Waals surface area contributed by atoms with Gasteiger partial charge in [-0.1, -0.05) is 6.42 Å². The average Bonchev–Trinajstić information content (AvgIpc) is 2.34. The molecule has 4 nitrogen and oxygen atoms in total. The zero-order valence-electron chi connectivity index (χ0n) is 10.4. The molecule has 0 spiro atoms. The molecule has 1 aliphatic heterocycles. The number of piperidine rings is 1. The van der Waals surface area contributed by atoms with E-state index in [1.807, 2.05) is 0 Å². The summed E-state index contributed by atoms with van der Waals surface area (Å²) in [5.41, 5.74) is 5.46. The summed E-state index contributed by atoms with van der Waals surface area (Å²) in [4.78, 5) is 14.0. The zero-order chi connectivity index (χ0) is 11.8. The van der Waals surface area contributed by atoms with Crippen molar-refractivity contribution in [1.29, 1.82) is 0 Å². The predicted molar refractivity (Wildman–Crippen MR) is 66.1 cm³/mol. The van der Waals surface area contributed by atoms with Gasteiger partial charge in [-0.2, -0.15) is 0 Å². The molecule has 1 atom stereocenters. The van der Waals surface area contributed by atoms with E-state index < -0.39 is 0 Å². The molecule has 0 aromatic rings. The van der Waals surface area contributed by atoms with Crippen LogP contribution in [0.3, 0.4) is 0 Å². The van der Waals surface area contributed by atoms with Crippen molar-refractivity contribution in [2.75, 3.05) is 33.2 Å². The van der Waals surface area contributed by atoms with Gasteiger partial charge in [0.2, 0.25) is 5.91 Å². The van der Waals surface area contributed by atoms with E-state index in [1.54, 1.807) is 7.05 Å². The molecule has 0 radical (unpaired) electrons. The maximum absolute atomic E-state index is 11.5. The monoisotopic (exact) mass is 227 g/mol. The van der Waals surface area contributed by atoms with Crippen molar-refractivity contribution >= 4 is 5.91 Å². The maximum Gasteiger partial charge on any atom is 0.224 e. The molecule has 1 rings (SSSR count). The van der Waals surface area contributed by atoms with Crippen molar-refractivity contribution in [3.05, 3.63) is 0 Å². The molecular formula is C12H25N3O. The molecule has 4 heteroatoms. The van der Waals surface area contributed by atoms with Gasteiger partial charge in [0.25, 0.3) is 0 Å². The smallest absolute Gasteiger partial charge is 0.224 e. The minimum absolute atomic E-state index is 0.201. The van der Waals surface area contributed by atoms with E-state index in [0.29, 0.717) is 0 Å². The van der Waals surface area contributed by atoms with Crippen LogP contribution in [0, 0.1) is 5.92 Å². The minimum atomic E-state index is 0.201. The molecule has 1 aliphatic rings. The summed E-state index contributed by atoms with van der Waals surface area (Å²) in [6, 6.07) is 0. The van der Waals surface area contributed by atoms with Crippen LogP contribution in [-0.2, 0) is 4.79 Å². The molecule has 0 aromatic heterocycles. The van der Waals surface area contributed by atoms with E-state index in [0.717, 1.165) is 45.4 Å². The highest BCUT2D eigenvalue weighted by Gasteiger charge is 2.24. The summed E-state index contributed by atoms with van der Waals surface area (Å²) in [5, 5.41) is 2.75. The van der Waals surface area contributed by atoms with Crippen molar-refractivity contribution in [2.24, 2.45) is 11.7 Å². The summed E-state index contributed by atoms with van der Waals surface area (Å²) in [7, 11) is 1.72. The molecule has 1 saturated heterocycles. The van der Waals surface area contributed by atoms with Crippen LogP contribution in [0.5, 0.6) is 0 Å². The highest BCUT2D eigenvalue weighted by molar-refractivity contribution is 5.78. The van der Waals surface area contributed by atoms with Gasteiger partial charge in [-0.3, -0.25) is 4.79 Å². The number of likely N-dealkylation sites (tertiary alicyclic amines) is 1. The topological polar surface area (TPSA) is 58.4 Å². The van der Waals surface area contributed by atoms with Gasteiger partial charge in [-0.15, -0.1) is 0 Å². The van der Waals surface area contributed by atoms with Crippen LogP contribution in [-0.4, -0.2) is 44.0 Å². The van der Waals surface area contributed by atoms with E-state index in [4.69, 9.17) is 5.73 Å². The molecule has 1 amide bonds. The van der Waals surface area contributed by atoms with Gasteiger partial charge in [0.05, 0.1) is 5.92 Å². The fourth-order valence-electron chi connectivity index (χ4n) is 2.33. The van der Waals surface area contributed by atoms with Gasteiger partial charge >= 0.3 is 0 Å². The lowest BCUT2D eigenvalue weighted by Gasteiger charge is -2.31. The van der Waals surface area contributed by atoms with Gasteiger partial charge in [-0.05, 0) is 45.3 Å². The largest absolute Gasteiger partial charge is 0.359 e. The molecule has 3 N–H and O–H groups in total. The summed E-state index contributed by atoms with van der Waals surface area (Å²) >= 11 is 0. The van der Waals surface area contributed by atoms with Gasteiger partial charge in [0.15, 0.2) is 0 Å². The number of amides is 1. The maximum atomic E-state index is 11.5. The fraction of sp³-hybridized carbons (Fsp3) is 0.917. The Labute approximate surface area is 98.6 Å². The summed E-state index contributed by atoms with van der Waals surface area (Å²) in [6.07, 6.45) is 5.72. The predicted octanol–water partition coefficient (Wildman–Crippen LogP) is 0.573. The molecule has 0 aliphatic carbocycles. The Kier molecular flexibility index (Phi) is 6.42. The molecule has 1 unspecified atom stereocenters. The number of carbonyl (C=O) groups is 1. The van der Waals surface area contributed by atoms with Crippen LogP contribution >= 0.6 is 0 Å². The molecule has 0 aromatic carbocycles. The molecule has 1 heterocycles. The average molecular weight is 227 g/mol. The number of rotatable bonds is 6. The van der Waals surface area contributed by atoms with E-state index in [2.05, 4.69) is 10.2 Å². The lowest BCUT2D eigenvalue weighted by atomic mass is 9.97. The minimum Gasteiger partial charge on any atom is -0.359 e. The van der Waals surface area contributed by atoms with Crippen LogP contribution in [0.2, 0.25) is 0 Å². The quantitative estimate of drug-likeness (QED) is 0.652. The number of carbonyl (C=O) groups excluding carboxylic acids is 1. The van der Waals surface area contributed by atoms with Gasteiger partial charge in [0, 0.05) is 13.6 Å². The molecule has 0 bridgehead atoms. The van der Waals surface area contributed by atoms with E-state index in [9.17, 15) is 4.79 Å². The Balaban J connectivity index is 2.20. The summed E-state index contributed by atoms with van der Waals surface area (Å²) in [6.45, 7) is 3.99. The first kappa shape index (κ1) is 13.5. The SMILES string of the molecule is CNC(=O)C1CCCN(CCCCCN)C1. The zero-order valence-corrected chi connectivity index (χ0v) is 10.4. The van der Waals surface area contributed by atoms with Gasteiger partial charge < -0.3 is 16.0 Å².